The molecule has 0 saturated heterocycles. The van der Waals surface area contributed by atoms with E-state index in [9.17, 15) is 0 Å². The van der Waals surface area contributed by atoms with E-state index >= 15 is 0 Å². The van der Waals surface area contributed by atoms with Crippen LogP contribution in [-0.2, 0) is 0 Å². The van der Waals surface area contributed by atoms with Gasteiger partial charge in [0.1, 0.15) is 16.7 Å². The van der Waals surface area contributed by atoms with Gasteiger partial charge in [-0.25, -0.2) is 0 Å². The second-order valence-corrected chi connectivity index (χ2v) is 12.5. The van der Waals surface area contributed by atoms with E-state index in [1.54, 1.807) is 0 Å². The van der Waals surface area contributed by atoms with Crippen molar-refractivity contribution in [2.24, 2.45) is 0 Å². The summed E-state index contributed by atoms with van der Waals surface area (Å²) in [7, 11) is 0. The predicted octanol–water partition coefficient (Wildman–Crippen LogP) is 13.4. The molecule has 0 saturated carbocycles. The molecule has 0 bridgehead atoms. The van der Waals surface area contributed by atoms with Crippen LogP contribution in [0.25, 0.3) is 76.9 Å². The number of hydrogen-bond acceptors (Lipinski definition) is 3. The first-order chi connectivity index (χ1) is 24.3. The topological polar surface area (TPSA) is 29.5 Å². The molecule has 49 heavy (non-hydrogen) atoms. The molecule has 0 spiro atoms. The van der Waals surface area contributed by atoms with Crippen LogP contribution in [0.15, 0.2) is 185 Å². The lowest BCUT2D eigenvalue weighted by molar-refractivity contribution is 0.668. The normalized spacial score (nSPS) is 11.7. The van der Waals surface area contributed by atoms with Crippen molar-refractivity contribution in [1.82, 2.24) is 0 Å². The SMILES string of the molecule is c1ccc(-c2ccc3c(oc4ccccc43)c2N(c2ccc(-c3ccc4ccccc4c3)cc2)c2cccc3oc4ccccc4c23)cc1. The highest BCUT2D eigenvalue weighted by Crippen LogP contribution is 2.50. The summed E-state index contributed by atoms with van der Waals surface area (Å²) >= 11 is 0. The molecule has 10 aromatic rings. The summed E-state index contributed by atoms with van der Waals surface area (Å²) in [6.07, 6.45) is 0. The molecule has 230 valence electrons. The van der Waals surface area contributed by atoms with Gasteiger partial charge in [-0.2, -0.15) is 0 Å². The van der Waals surface area contributed by atoms with Gasteiger partial charge >= 0.3 is 0 Å². The van der Waals surface area contributed by atoms with Crippen LogP contribution < -0.4 is 4.90 Å². The molecule has 0 amide bonds. The zero-order valence-electron chi connectivity index (χ0n) is 26.5. The van der Waals surface area contributed by atoms with Gasteiger partial charge in [-0.3, -0.25) is 0 Å². The highest BCUT2D eigenvalue weighted by atomic mass is 16.3. The molecular weight excluding hydrogens is 599 g/mol. The van der Waals surface area contributed by atoms with E-state index in [1.165, 1.54) is 16.3 Å². The highest BCUT2D eigenvalue weighted by molar-refractivity contribution is 6.18. The van der Waals surface area contributed by atoms with Gasteiger partial charge in [0, 0.05) is 27.4 Å². The fraction of sp³-hybridized carbons (Fsp3) is 0. The monoisotopic (exact) mass is 627 g/mol. The molecule has 0 N–H and O–H groups in total. The molecular formula is C46H29NO2. The molecule has 8 aromatic carbocycles. The van der Waals surface area contributed by atoms with Crippen LogP contribution in [0.4, 0.5) is 17.1 Å². The summed E-state index contributed by atoms with van der Waals surface area (Å²) in [5, 5.41) is 6.77. The molecule has 0 fully saturated rings. The summed E-state index contributed by atoms with van der Waals surface area (Å²) in [6, 6.07) is 62.0. The van der Waals surface area contributed by atoms with Gasteiger partial charge in [-0.15, -0.1) is 0 Å². The second kappa shape index (κ2) is 11.0. The molecule has 0 aliphatic heterocycles. The van der Waals surface area contributed by atoms with Crippen LogP contribution in [0.2, 0.25) is 0 Å². The number of anilines is 3. The minimum absolute atomic E-state index is 0.839. The van der Waals surface area contributed by atoms with Gasteiger partial charge < -0.3 is 13.7 Å². The number of rotatable bonds is 5. The average molecular weight is 628 g/mol. The molecule has 0 unspecified atom stereocenters. The quantitative estimate of drug-likeness (QED) is 0.190. The molecule has 10 rings (SSSR count). The Kier molecular flexibility index (Phi) is 6.18. The highest BCUT2D eigenvalue weighted by Gasteiger charge is 2.26. The van der Waals surface area contributed by atoms with Crippen LogP contribution in [0.5, 0.6) is 0 Å². The summed E-state index contributed by atoms with van der Waals surface area (Å²) in [6.45, 7) is 0. The fourth-order valence-corrected chi connectivity index (χ4v) is 7.35. The Morgan fingerprint density at radius 1 is 0.388 bits per heavy atom. The molecule has 0 aliphatic carbocycles. The zero-order valence-corrected chi connectivity index (χ0v) is 26.5. The fourth-order valence-electron chi connectivity index (χ4n) is 7.35. The maximum Gasteiger partial charge on any atom is 0.160 e. The number of hydrogen-bond donors (Lipinski definition) is 0. The number of nitrogens with zero attached hydrogens (tertiary/aromatic N) is 1. The summed E-state index contributed by atoms with van der Waals surface area (Å²) in [5.41, 5.74) is 11.0. The number of fused-ring (bicyclic) bond motifs is 7. The van der Waals surface area contributed by atoms with Crippen LogP contribution in [0.1, 0.15) is 0 Å². The van der Waals surface area contributed by atoms with Crippen molar-refractivity contribution in [2.75, 3.05) is 4.90 Å². The van der Waals surface area contributed by atoms with Crippen molar-refractivity contribution in [3.05, 3.63) is 176 Å². The third-order valence-electron chi connectivity index (χ3n) is 9.66. The summed E-state index contributed by atoms with van der Waals surface area (Å²) in [5.74, 6) is 0. The third-order valence-corrected chi connectivity index (χ3v) is 9.66. The van der Waals surface area contributed by atoms with E-state index in [1.807, 2.05) is 24.3 Å². The first-order valence-electron chi connectivity index (χ1n) is 16.6. The van der Waals surface area contributed by atoms with Gasteiger partial charge in [-0.1, -0.05) is 127 Å². The smallest absolute Gasteiger partial charge is 0.160 e. The predicted molar refractivity (Wildman–Crippen MR) is 204 cm³/mol. The summed E-state index contributed by atoms with van der Waals surface area (Å²) < 4.78 is 13.2. The van der Waals surface area contributed by atoms with Crippen LogP contribution in [0.3, 0.4) is 0 Å². The Morgan fingerprint density at radius 2 is 1.06 bits per heavy atom. The van der Waals surface area contributed by atoms with Crippen molar-refractivity contribution >= 4 is 71.7 Å². The Bertz CT molecular complexity index is 2830. The zero-order chi connectivity index (χ0) is 32.3. The number of benzene rings is 8. The number of furan rings is 2. The minimum Gasteiger partial charge on any atom is -0.456 e. The van der Waals surface area contributed by atoms with Crippen LogP contribution in [0, 0.1) is 0 Å². The average Bonchev–Trinajstić information content (AvgIpc) is 3.75. The van der Waals surface area contributed by atoms with E-state index in [-0.39, 0.29) is 0 Å². The standard InChI is InChI=1S/C46H29NO2/c1-2-12-32(13-3-1)36-27-28-38-37-15-6-8-18-41(37)49-46(38)45(36)47(40-17-10-20-43-44(40)39-16-7-9-19-42(39)48-43)35-25-23-31(24-26-35)34-22-21-30-11-4-5-14-33(30)29-34/h1-29H. The maximum absolute atomic E-state index is 6.82. The third kappa shape index (κ3) is 4.44. The number of para-hydroxylation sites is 2. The minimum atomic E-state index is 0.839. The van der Waals surface area contributed by atoms with E-state index in [2.05, 4.69) is 157 Å². The van der Waals surface area contributed by atoms with E-state index < -0.39 is 0 Å². The molecule has 2 heterocycles. The van der Waals surface area contributed by atoms with Crippen molar-refractivity contribution in [3.8, 4) is 22.3 Å². The van der Waals surface area contributed by atoms with Gasteiger partial charge in [0.05, 0.1) is 16.8 Å². The lowest BCUT2D eigenvalue weighted by Gasteiger charge is -2.28. The van der Waals surface area contributed by atoms with Crippen molar-refractivity contribution in [1.29, 1.82) is 0 Å². The second-order valence-electron chi connectivity index (χ2n) is 12.5. The Balaban J connectivity index is 1.28. The maximum atomic E-state index is 6.82. The molecule has 0 radical (unpaired) electrons. The molecule has 3 heteroatoms. The van der Waals surface area contributed by atoms with Crippen molar-refractivity contribution < 1.29 is 8.83 Å². The van der Waals surface area contributed by atoms with Gasteiger partial charge in [0.2, 0.25) is 0 Å². The van der Waals surface area contributed by atoms with E-state index in [4.69, 9.17) is 8.83 Å². The van der Waals surface area contributed by atoms with Gasteiger partial charge in [-0.05, 0) is 76.0 Å². The lowest BCUT2D eigenvalue weighted by atomic mass is 9.97. The first-order valence-corrected chi connectivity index (χ1v) is 16.6. The molecule has 3 nitrogen and oxygen atoms in total. The Labute approximate surface area is 282 Å². The molecule has 0 atom stereocenters. The van der Waals surface area contributed by atoms with E-state index in [0.717, 1.165) is 77.6 Å². The lowest BCUT2D eigenvalue weighted by Crippen LogP contribution is -2.12. The largest absolute Gasteiger partial charge is 0.456 e. The molecule has 2 aromatic heterocycles. The van der Waals surface area contributed by atoms with Crippen molar-refractivity contribution in [2.45, 2.75) is 0 Å². The van der Waals surface area contributed by atoms with Gasteiger partial charge in [0.25, 0.3) is 0 Å². The first kappa shape index (κ1) is 27.5. The van der Waals surface area contributed by atoms with Crippen LogP contribution >= 0.6 is 0 Å². The van der Waals surface area contributed by atoms with Crippen molar-refractivity contribution in [3.63, 3.8) is 0 Å². The van der Waals surface area contributed by atoms with Crippen LogP contribution in [-0.4, -0.2) is 0 Å². The Morgan fingerprint density at radius 3 is 1.90 bits per heavy atom. The Hall–Kier alpha value is -6.58. The summed E-state index contributed by atoms with van der Waals surface area (Å²) in [4.78, 5) is 2.36. The molecule has 0 aliphatic rings. The van der Waals surface area contributed by atoms with E-state index in [0.29, 0.717) is 0 Å². The van der Waals surface area contributed by atoms with Gasteiger partial charge in [0.15, 0.2) is 5.58 Å².